The van der Waals surface area contributed by atoms with Crippen molar-refractivity contribution < 1.29 is 32.7 Å². The molecule has 0 aromatic heterocycles. The van der Waals surface area contributed by atoms with E-state index in [0.29, 0.717) is 0 Å². The van der Waals surface area contributed by atoms with Crippen LogP contribution in [0.15, 0.2) is 158 Å². The smallest absolute Gasteiger partial charge is 0 e. The fraction of sp³-hybridized carbons (Fsp3) is 0. The van der Waals surface area contributed by atoms with E-state index in [4.69, 9.17) is 0 Å². The molecule has 0 spiro atoms. The molecule has 0 aliphatic rings. The molecule has 0 aliphatic heterocycles. The van der Waals surface area contributed by atoms with E-state index >= 15 is 0 Å². The molecule has 1 heteroatoms. The predicted octanol–water partition coefficient (Wildman–Crippen LogP) is 11.4. The maximum atomic E-state index is 3.43. The van der Waals surface area contributed by atoms with Gasteiger partial charge in [0.1, 0.15) is 0 Å². The number of hydrogen-bond acceptors (Lipinski definition) is 0. The van der Waals surface area contributed by atoms with Gasteiger partial charge >= 0.3 is 0 Å². The van der Waals surface area contributed by atoms with E-state index < -0.39 is 0 Å². The summed E-state index contributed by atoms with van der Waals surface area (Å²) in [6.45, 7) is 0. The Morgan fingerprint density at radius 3 is 1.56 bits per heavy atom. The molecule has 0 saturated carbocycles. The number of hydrogen-bond donors (Lipinski definition) is 0. The van der Waals surface area contributed by atoms with Gasteiger partial charge in [-0.05, 0) is 66.2 Å². The van der Waals surface area contributed by atoms with Gasteiger partial charge in [0.05, 0.1) is 0 Å². The van der Waals surface area contributed by atoms with Gasteiger partial charge in [-0.15, -0.1) is 17.7 Å². The second kappa shape index (κ2) is 11.7. The fourth-order valence-corrected chi connectivity index (χ4v) is 6.41. The first-order valence-corrected chi connectivity index (χ1v) is 14.4. The van der Waals surface area contributed by atoms with Gasteiger partial charge in [0.2, 0.25) is 0 Å². The van der Waals surface area contributed by atoms with Crippen molar-refractivity contribution in [3.8, 4) is 44.5 Å². The zero-order valence-electron chi connectivity index (χ0n) is 23.6. The van der Waals surface area contributed by atoms with Crippen LogP contribution in [0.2, 0.25) is 0 Å². The first-order valence-electron chi connectivity index (χ1n) is 14.4. The average molecular weight is 620 g/mol. The van der Waals surface area contributed by atoms with E-state index in [1.165, 1.54) is 65.7 Å². The van der Waals surface area contributed by atoms with Gasteiger partial charge in [-0.2, -0.15) is 42.5 Å². The number of rotatable bonds is 4. The molecule has 0 saturated heterocycles. The van der Waals surface area contributed by atoms with Crippen molar-refractivity contribution in [2.45, 2.75) is 0 Å². The molecule has 0 atom stereocenters. The van der Waals surface area contributed by atoms with Crippen LogP contribution in [-0.2, 0) is 32.7 Å². The summed E-state index contributed by atoms with van der Waals surface area (Å²) < 4.78 is 0. The Labute approximate surface area is 277 Å². The molecular formula is C42H26Y-2. The summed E-state index contributed by atoms with van der Waals surface area (Å²) in [4.78, 5) is 0. The summed E-state index contributed by atoms with van der Waals surface area (Å²) >= 11 is 0. The van der Waals surface area contributed by atoms with E-state index in [2.05, 4.69) is 152 Å². The average Bonchev–Trinajstić information content (AvgIpc) is 3.07. The summed E-state index contributed by atoms with van der Waals surface area (Å²) in [7, 11) is 0. The molecule has 0 heterocycles. The zero-order valence-corrected chi connectivity index (χ0v) is 26.4. The maximum Gasteiger partial charge on any atom is 0 e. The molecular weight excluding hydrogens is 593 g/mol. The quantitative estimate of drug-likeness (QED) is 0.136. The van der Waals surface area contributed by atoms with Gasteiger partial charge in [-0.25, -0.2) is 11.1 Å². The van der Waals surface area contributed by atoms with Crippen LogP contribution < -0.4 is 0 Å². The number of benzene rings is 8. The Balaban J connectivity index is 0.00000300. The molecule has 8 aromatic carbocycles. The van der Waals surface area contributed by atoms with E-state index in [-0.39, 0.29) is 32.7 Å². The summed E-state index contributed by atoms with van der Waals surface area (Å²) in [5, 5.41) is 7.53. The Morgan fingerprint density at radius 2 is 0.884 bits per heavy atom. The minimum absolute atomic E-state index is 0. The summed E-state index contributed by atoms with van der Waals surface area (Å²) in [5.74, 6) is 0. The van der Waals surface area contributed by atoms with Gasteiger partial charge in [0.15, 0.2) is 0 Å². The summed E-state index contributed by atoms with van der Waals surface area (Å²) in [5.41, 5.74) is 9.51. The van der Waals surface area contributed by atoms with Crippen LogP contribution in [0.1, 0.15) is 0 Å². The van der Waals surface area contributed by atoms with Crippen molar-refractivity contribution in [2.24, 2.45) is 0 Å². The molecule has 43 heavy (non-hydrogen) atoms. The normalized spacial score (nSPS) is 11.1. The zero-order chi connectivity index (χ0) is 27.9. The standard InChI is InChI=1S/C42H26.Y/c1-2-13-29(14-3-1)31-17-10-19-33(27-31)41-37-22-6-8-24-39(37)42(40-25-9-7-23-38(40)41)34-20-11-18-32(28-34)36-26-12-16-30-15-4-5-21-35(30)36;/h1-13,15-16,18-28H;/q-2;. The van der Waals surface area contributed by atoms with Crippen molar-refractivity contribution in [1.29, 1.82) is 0 Å². The minimum Gasteiger partial charge on any atom is -0.226 e. The third kappa shape index (κ3) is 4.92. The van der Waals surface area contributed by atoms with Gasteiger partial charge in [0.25, 0.3) is 0 Å². The topological polar surface area (TPSA) is 0 Å². The van der Waals surface area contributed by atoms with Crippen molar-refractivity contribution >= 4 is 32.3 Å². The first-order chi connectivity index (χ1) is 20.8. The molecule has 0 aliphatic carbocycles. The summed E-state index contributed by atoms with van der Waals surface area (Å²) in [6, 6.07) is 63.3. The van der Waals surface area contributed by atoms with Crippen molar-refractivity contribution in [1.82, 2.24) is 0 Å². The molecule has 0 fully saturated rings. The molecule has 8 aromatic rings. The van der Waals surface area contributed by atoms with E-state index in [1.54, 1.807) is 0 Å². The third-order valence-electron chi connectivity index (χ3n) is 8.27. The predicted molar refractivity (Wildman–Crippen MR) is 178 cm³/mol. The SMILES string of the molecule is [Y].[c-]1ccccc1-c1[c-]ccc(-c2c3ccccc3c(-c3cccc(-c4cccc5ccccc45)c3)c3ccccc23)c1. The van der Waals surface area contributed by atoms with Crippen LogP contribution in [0.4, 0.5) is 0 Å². The molecule has 8 rings (SSSR count). The van der Waals surface area contributed by atoms with Crippen LogP contribution in [-0.4, -0.2) is 0 Å². The Kier molecular flexibility index (Phi) is 7.50. The first kappa shape index (κ1) is 27.5. The Hall–Kier alpha value is -4.36. The molecule has 1 radical (unpaired) electrons. The maximum absolute atomic E-state index is 3.43. The molecule has 0 N–H and O–H groups in total. The molecule has 0 unspecified atom stereocenters. The van der Waals surface area contributed by atoms with Crippen molar-refractivity contribution in [2.75, 3.05) is 0 Å². The van der Waals surface area contributed by atoms with E-state index in [9.17, 15) is 0 Å². The second-order valence-electron chi connectivity index (χ2n) is 10.7. The molecule has 0 nitrogen and oxygen atoms in total. The Bertz CT molecular complexity index is 2180. The molecule has 0 bridgehead atoms. The van der Waals surface area contributed by atoms with Gasteiger partial charge in [0, 0.05) is 32.7 Å². The molecule has 0 amide bonds. The Morgan fingerprint density at radius 1 is 0.349 bits per heavy atom. The van der Waals surface area contributed by atoms with E-state index in [1.807, 2.05) is 18.2 Å². The van der Waals surface area contributed by atoms with Gasteiger partial charge in [-0.3, -0.25) is 0 Å². The van der Waals surface area contributed by atoms with Crippen molar-refractivity contribution in [3.63, 3.8) is 0 Å². The van der Waals surface area contributed by atoms with Gasteiger partial charge in [-0.1, -0.05) is 109 Å². The largest absolute Gasteiger partial charge is 0.226 e. The fourth-order valence-electron chi connectivity index (χ4n) is 6.41. The number of fused-ring (bicyclic) bond motifs is 3. The van der Waals surface area contributed by atoms with Crippen LogP contribution in [0, 0.1) is 12.1 Å². The van der Waals surface area contributed by atoms with Gasteiger partial charge < -0.3 is 0 Å². The van der Waals surface area contributed by atoms with Crippen molar-refractivity contribution in [3.05, 3.63) is 170 Å². The van der Waals surface area contributed by atoms with Crippen LogP contribution >= 0.6 is 0 Å². The second-order valence-corrected chi connectivity index (χ2v) is 10.7. The molecule has 199 valence electrons. The summed E-state index contributed by atoms with van der Waals surface area (Å²) in [6.07, 6.45) is 0. The monoisotopic (exact) mass is 619 g/mol. The van der Waals surface area contributed by atoms with Crippen LogP contribution in [0.3, 0.4) is 0 Å². The third-order valence-corrected chi connectivity index (χ3v) is 8.27. The van der Waals surface area contributed by atoms with E-state index in [0.717, 1.165) is 11.1 Å². The minimum atomic E-state index is 0. The van der Waals surface area contributed by atoms with Crippen LogP contribution in [0.5, 0.6) is 0 Å². The van der Waals surface area contributed by atoms with Crippen LogP contribution in [0.25, 0.3) is 76.8 Å².